The highest BCUT2D eigenvalue weighted by molar-refractivity contribution is 5.98. The minimum atomic E-state index is -0.811. The van der Waals surface area contributed by atoms with Crippen molar-refractivity contribution in [2.45, 2.75) is 38.0 Å². The Morgan fingerprint density at radius 2 is 2.04 bits per heavy atom. The van der Waals surface area contributed by atoms with E-state index in [2.05, 4.69) is 10.6 Å². The van der Waals surface area contributed by atoms with Crippen molar-refractivity contribution in [2.75, 3.05) is 10.6 Å². The van der Waals surface area contributed by atoms with Crippen LogP contribution in [0.2, 0.25) is 0 Å². The van der Waals surface area contributed by atoms with Crippen LogP contribution in [-0.2, 0) is 16.0 Å². The molecule has 27 heavy (non-hydrogen) atoms. The molecule has 0 radical (unpaired) electrons. The van der Waals surface area contributed by atoms with E-state index in [1.165, 1.54) is 0 Å². The van der Waals surface area contributed by atoms with Crippen LogP contribution >= 0.6 is 0 Å². The lowest BCUT2D eigenvalue weighted by Crippen LogP contribution is -2.39. The summed E-state index contributed by atoms with van der Waals surface area (Å²) in [4.78, 5) is 23.7. The van der Waals surface area contributed by atoms with Gasteiger partial charge in [0.2, 0.25) is 0 Å². The number of nitrogens with two attached hydrogens (primary N) is 1. The summed E-state index contributed by atoms with van der Waals surface area (Å²) in [6.45, 7) is 1.99. The van der Waals surface area contributed by atoms with Gasteiger partial charge in [-0.1, -0.05) is 30.3 Å². The number of benzene rings is 2. The van der Waals surface area contributed by atoms with Crippen molar-refractivity contribution < 1.29 is 19.1 Å². The summed E-state index contributed by atoms with van der Waals surface area (Å²) < 4.78 is 11.3. The van der Waals surface area contributed by atoms with Crippen molar-refractivity contribution >= 4 is 23.4 Å². The van der Waals surface area contributed by atoms with E-state index in [0.717, 1.165) is 16.8 Å². The Morgan fingerprint density at radius 1 is 1.26 bits per heavy atom. The maximum Gasteiger partial charge on any atom is 0.405 e. The molecule has 0 fully saturated rings. The zero-order valence-electron chi connectivity index (χ0n) is 14.9. The molecule has 3 atom stereocenters. The Bertz CT molecular complexity index is 884. The van der Waals surface area contributed by atoms with Gasteiger partial charge in [0.05, 0.1) is 5.69 Å². The molecular formula is C20H21N3O4. The predicted molar refractivity (Wildman–Crippen MR) is 101 cm³/mol. The van der Waals surface area contributed by atoms with Crippen molar-refractivity contribution in [3.05, 3.63) is 53.6 Å². The Kier molecular flexibility index (Phi) is 4.35. The van der Waals surface area contributed by atoms with Crippen LogP contribution in [0.1, 0.15) is 30.6 Å². The highest BCUT2D eigenvalue weighted by atomic mass is 16.6. The summed E-state index contributed by atoms with van der Waals surface area (Å²) in [5.41, 5.74) is 8.43. The standard InChI is InChI=1S/C20H21N3O4/c1-11-7-16(27-20(21)25)13-9-17-15(10-14(13)22-11)23-19(24)18(26-17)8-12-5-3-2-4-6-12/h2-6,9-11,16,18,22H,7-8H2,1H3,(H2,21,25)(H,23,24). The van der Waals surface area contributed by atoms with Crippen molar-refractivity contribution in [3.8, 4) is 5.75 Å². The van der Waals surface area contributed by atoms with Gasteiger partial charge in [0.25, 0.3) is 5.91 Å². The summed E-state index contributed by atoms with van der Waals surface area (Å²) in [6.07, 6.45) is -0.806. The first kappa shape index (κ1) is 17.2. The van der Waals surface area contributed by atoms with Crippen LogP contribution in [0.25, 0.3) is 0 Å². The molecule has 0 saturated carbocycles. The molecule has 4 N–H and O–H groups in total. The first-order valence-electron chi connectivity index (χ1n) is 8.91. The number of carbonyl (C=O) groups excluding carboxylic acids is 2. The van der Waals surface area contributed by atoms with Crippen LogP contribution < -0.4 is 21.1 Å². The van der Waals surface area contributed by atoms with Gasteiger partial charge in [-0.05, 0) is 24.6 Å². The molecule has 2 aliphatic rings. The third kappa shape index (κ3) is 3.53. The molecular weight excluding hydrogens is 346 g/mol. The van der Waals surface area contributed by atoms with Gasteiger partial charge in [0.1, 0.15) is 11.9 Å². The topological polar surface area (TPSA) is 103 Å². The fourth-order valence-electron chi connectivity index (χ4n) is 3.59. The molecule has 0 aliphatic carbocycles. The number of fused-ring (bicyclic) bond motifs is 2. The summed E-state index contributed by atoms with van der Waals surface area (Å²) in [5.74, 6) is 0.379. The third-order valence-corrected chi connectivity index (χ3v) is 4.81. The molecule has 7 heteroatoms. The molecule has 2 amide bonds. The summed E-state index contributed by atoms with van der Waals surface area (Å²) >= 11 is 0. The number of hydrogen-bond donors (Lipinski definition) is 3. The third-order valence-electron chi connectivity index (χ3n) is 4.81. The van der Waals surface area contributed by atoms with E-state index in [9.17, 15) is 9.59 Å². The van der Waals surface area contributed by atoms with Crippen LogP contribution in [0.3, 0.4) is 0 Å². The maximum absolute atomic E-state index is 12.5. The molecule has 2 aromatic carbocycles. The smallest absolute Gasteiger partial charge is 0.405 e. The van der Waals surface area contributed by atoms with Crippen molar-refractivity contribution in [1.29, 1.82) is 0 Å². The normalized spacial score (nSPS) is 23.1. The fourth-order valence-corrected chi connectivity index (χ4v) is 3.59. The van der Waals surface area contributed by atoms with Crippen LogP contribution in [0, 0.1) is 0 Å². The maximum atomic E-state index is 12.5. The predicted octanol–water partition coefficient (Wildman–Crippen LogP) is 2.97. The van der Waals surface area contributed by atoms with E-state index < -0.39 is 18.3 Å². The number of ether oxygens (including phenoxy) is 2. The monoisotopic (exact) mass is 367 g/mol. The second-order valence-corrected chi connectivity index (χ2v) is 6.93. The summed E-state index contributed by atoms with van der Waals surface area (Å²) in [7, 11) is 0. The summed E-state index contributed by atoms with van der Waals surface area (Å²) in [6, 6.07) is 13.4. The zero-order valence-corrected chi connectivity index (χ0v) is 14.9. The van der Waals surface area contributed by atoms with Crippen LogP contribution in [0.15, 0.2) is 42.5 Å². The zero-order chi connectivity index (χ0) is 19.0. The van der Waals surface area contributed by atoms with Crippen molar-refractivity contribution in [2.24, 2.45) is 5.73 Å². The largest absolute Gasteiger partial charge is 0.478 e. The lowest BCUT2D eigenvalue weighted by atomic mass is 9.94. The lowest BCUT2D eigenvalue weighted by molar-refractivity contribution is -0.123. The Morgan fingerprint density at radius 3 is 2.78 bits per heavy atom. The first-order valence-corrected chi connectivity index (χ1v) is 8.91. The minimum absolute atomic E-state index is 0.103. The second kappa shape index (κ2) is 6.83. The van der Waals surface area contributed by atoms with Gasteiger partial charge >= 0.3 is 6.09 Å². The van der Waals surface area contributed by atoms with Gasteiger partial charge in [-0.25, -0.2) is 4.79 Å². The molecule has 2 heterocycles. The van der Waals surface area contributed by atoms with E-state index in [-0.39, 0.29) is 11.9 Å². The van der Waals surface area contributed by atoms with Gasteiger partial charge < -0.3 is 25.8 Å². The number of amides is 2. The molecule has 2 aromatic rings. The molecule has 0 bridgehead atoms. The number of nitrogens with one attached hydrogen (secondary N) is 2. The molecule has 7 nitrogen and oxygen atoms in total. The lowest BCUT2D eigenvalue weighted by Gasteiger charge is -2.33. The van der Waals surface area contributed by atoms with Gasteiger partial charge in [-0.3, -0.25) is 4.79 Å². The number of anilines is 2. The van der Waals surface area contributed by atoms with Gasteiger partial charge in [0.15, 0.2) is 6.10 Å². The SMILES string of the molecule is CC1CC(OC(N)=O)c2cc3c(cc2N1)NC(=O)C(Cc1ccccc1)O3. The molecule has 4 rings (SSSR count). The molecule has 2 aliphatic heterocycles. The van der Waals surface area contributed by atoms with Crippen molar-refractivity contribution in [3.63, 3.8) is 0 Å². The summed E-state index contributed by atoms with van der Waals surface area (Å²) in [5, 5.41) is 6.25. The Labute approximate surface area is 156 Å². The highest BCUT2D eigenvalue weighted by Gasteiger charge is 2.33. The second-order valence-electron chi connectivity index (χ2n) is 6.93. The van der Waals surface area contributed by atoms with Gasteiger partial charge in [-0.2, -0.15) is 0 Å². The van der Waals surface area contributed by atoms with Gasteiger partial charge in [0, 0.05) is 30.1 Å². The highest BCUT2D eigenvalue weighted by Crippen LogP contribution is 2.42. The van der Waals surface area contributed by atoms with Gasteiger partial charge in [-0.15, -0.1) is 0 Å². The van der Waals surface area contributed by atoms with E-state index in [4.69, 9.17) is 15.2 Å². The number of rotatable bonds is 3. The van der Waals surface area contributed by atoms with Crippen LogP contribution in [-0.4, -0.2) is 24.1 Å². The minimum Gasteiger partial charge on any atom is -0.478 e. The molecule has 0 saturated heterocycles. The Balaban J connectivity index is 1.63. The molecule has 0 spiro atoms. The van der Waals surface area contributed by atoms with Crippen molar-refractivity contribution in [1.82, 2.24) is 0 Å². The van der Waals surface area contributed by atoms with Crippen LogP contribution in [0.5, 0.6) is 5.75 Å². The first-order chi connectivity index (χ1) is 13.0. The number of hydrogen-bond acceptors (Lipinski definition) is 5. The number of primary amides is 1. The molecule has 140 valence electrons. The number of carbonyl (C=O) groups is 2. The quantitative estimate of drug-likeness (QED) is 0.774. The van der Waals surface area contributed by atoms with E-state index in [1.807, 2.05) is 49.4 Å². The van der Waals surface area contributed by atoms with E-state index >= 15 is 0 Å². The molecule has 0 aromatic heterocycles. The van der Waals surface area contributed by atoms with E-state index in [0.29, 0.717) is 24.3 Å². The van der Waals surface area contributed by atoms with Crippen LogP contribution in [0.4, 0.5) is 16.2 Å². The fraction of sp³-hybridized carbons (Fsp3) is 0.300. The van der Waals surface area contributed by atoms with E-state index in [1.54, 1.807) is 0 Å². The average molecular weight is 367 g/mol. The Hall–Kier alpha value is -3.22. The average Bonchev–Trinajstić information content (AvgIpc) is 2.61. The molecule has 3 unspecified atom stereocenters.